The molecule has 0 bridgehead atoms. The van der Waals surface area contributed by atoms with Crippen LogP contribution in [0.1, 0.15) is 16.7 Å². The average molecular weight is 577 g/mol. The first kappa shape index (κ1) is 29.8. The number of anilines is 1. The van der Waals surface area contributed by atoms with Gasteiger partial charge in [0.2, 0.25) is 0 Å². The van der Waals surface area contributed by atoms with Crippen molar-refractivity contribution < 1.29 is 48.5 Å². The van der Waals surface area contributed by atoms with Crippen molar-refractivity contribution in [3.8, 4) is 5.75 Å². The van der Waals surface area contributed by atoms with Crippen LogP contribution in [-0.2, 0) is 33.8 Å². The normalized spacial score (nSPS) is 12.2. The summed E-state index contributed by atoms with van der Waals surface area (Å²) in [6, 6.07) is 11.9. The summed E-state index contributed by atoms with van der Waals surface area (Å²) < 4.78 is 114. The minimum Gasteiger partial charge on any atom is -0.383 e. The van der Waals surface area contributed by atoms with Crippen molar-refractivity contribution in [3.05, 3.63) is 89.5 Å². The first-order chi connectivity index (χ1) is 18.2. The minimum absolute atomic E-state index is 0.0362. The van der Waals surface area contributed by atoms with Gasteiger partial charge in [-0.25, -0.2) is 4.79 Å². The molecule has 0 aliphatic carbocycles. The van der Waals surface area contributed by atoms with E-state index in [1.165, 1.54) is 43.5 Å². The van der Waals surface area contributed by atoms with E-state index in [0.717, 1.165) is 29.2 Å². The highest BCUT2D eigenvalue weighted by Gasteiger charge is 2.34. The third kappa shape index (κ3) is 8.10. The van der Waals surface area contributed by atoms with E-state index in [1.54, 1.807) is 0 Å². The third-order valence-electron chi connectivity index (χ3n) is 5.25. The van der Waals surface area contributed by atoms with E-state index < -0.39 is 50.2 Å². The number of carbonyl (C=O) groups excluding carboxylic acids is 1. The number of hydrogen-bond donors (Lipinski definition) is 1. The SMILES string of the molecule is COCCN(Cc1cccc(OS(=O)(=O)c2cccc(C(F)(F)F)c2)c1)C(=O)Nc1ccccc1C(F)(F)F. The van der Waals surface area contributed by atoms with E-state index in [0.29, 0.717) is 17.7 Å². The van der Waals surface area contributed by atoms with Crippen LogP contribution in [0.25, 0.3) is 0 Å². The molecule has 0 unspecified atom stereocenters. The fourth-order valence-corrected chi connectivity index (χ4v) is 4.38. The molecule has 0 fully saturated rings. The van der Waals surface area contributed by atoms with Gasteiger partial charge in [-0.3, -0.25) is 0 Å². The van der Waals surface area contributed by atoms with Gasteiger partial charge >= 0.3 is 28.5 Å². The highest BCUT2D eigenvalue weighted by Crippen LogP contribution is 2.35. The zero-order valence-electron chi connectivity index (χ0n) is 20.2. The zero-order valence-corrected chi connectivity index (χ0v) is 21.0. The highest BCUT2D eigenvalue weighted by atomic mass is 32.2. The highest BCUT2D eigenvalue weighted by molar-refractivity contribution is 7.87. The molecule has 3 aromatic carbocycles. The van der Waals surface area contributed by atoms with Gasteiger partial charge in [-0.05, 0) is 48.0 Å². The number of urea groups is 1. The predicted octanol–water partition coefficient (Wildman–Crippen LogP) is 6.17. The molecule has 39 heavy (non-hydrogen) atoms. The summed E-state index contributed by atoms with van der Waals surface area (Å²) in [4.78, 5) is 13.3. The van der Waals surface area contributed by atoms with Gasteiger partial charge in [0.05, 0.1) is 23.4 Å². The maximum Gasteiger partial charge on any atom is 0.418 e. The minimum atomic E-state index is -4.77. The lowest BCUT2D eigenvalue weighted by molar-refractivity contribution is -0.138. The van der Waals surface area contributed by atoms with E-state index in [9.17, 15) is 39.6 Å². The van der Waals surface area contributed by atoms with Crippen molar-refractivity contribution in [2.24, 2.45) is 0 Å². The molecule has 210 valence electrons. The second-order valence-electron chi connectivity index (χ2n) is 8.10. The summed E-state index contributed by atoms with van der Waals surface area (Å²) in [6.07, 6.45) is -9.48. The molecule has 0 atom stereocenters. The number of nitrogens with zero attached hydrogens (tertiary/aromatic N) is 1. The van der Waals surface area contributed by atoms with Crippen LogP contribution in [0.5, 0.6) is 5.75 Å². The Kier molecular flexibility index (Phi) is 9.12. The molecule has 3 rings (SSSR count). The molecule has 2 amide bonds. The molecule has 3 aromatic rings. The van der Waals surface area contributed by atoms with Gasteiger partial charge in [-0.2, -0.15) is 34.8 Å². The largest absolute Gasteiger partial charge is 0.418 e. The summed E-state index contributed by atoms with van der Waals surface area (Å²) in [5.41, 5.74) is -2.35. The van der Waals surface area contributed by atoms with Crippen molar-refractivity contribution in [1.82, 2.24) is 4.90 Å². The lowest BCUT2D eigenvalue weighted by Gasteiger charge is -2.24. The molecule has 14 heteroatoms. The summed E-state index contributed by atoms with van der Waals surface area (Å²) in [6.45, 7) is -0.192. The Labute approximate surface area is 220 Å². The molecule has 7 nitrogen and oxygen atoms in total. The Morgan fingerprint density at radius 1 is 0.897 bits per heavy atom. The molecule has 0 spiro atoms. The van der Waals surface area contributed by atoms with Crippen LogP contribution in [0.2, 0.25) is 0 Å². The van der Waals surface area contributed by atoms with Crippen molar-refractivity contribution in [2.45, 2.75) is 23.8 Å². The number of ether oxygens (including phenoxy) is 1. The van der Waals surface area contributed by atoms with Crippen molar-refractivity contribution in [1.29, 1.82) is 0 Å². The van der Waals surface area contributed by atoms with Crippen molar-refractivity contribution in [3.63, 3.8) is 0 Å². The van der Waals surface area contributed by atoms with E-state index in [4.69, 9.17) is 8.92 Å². The molecule has 0 aromatic heterocycles. The zero-order chi connectivity index (χ0) is 28.8. The number of hydrogen-bond acceptors (Lipinski definition) is 5. The quantitative estimate of drug-likeness (QED) is 0.243. The number of rotatable bonds is 9. The van der Waals surface area contributed by atoms with Gasteiger partial charge in [0.15, 0.2) is 0 Å². The summed E-state index contributed by atoms with van der Waals surface area (Å²) in [5.74, 6) is -0.251. The third-order valence-corrected chi connectivity index (χ3v) is 6.50. The van der Waals surface area contributed by atoms with Gasteiger partial charge in [0, 0.05) is 20.2 Å². The fraction of sp³-hybridized carbons (Fsp3) is 0.240. The Hall–Kier alpha value is -3.78. The second-order valence-corrected chi connectivity index (χ2v) is 9.64. The van der Waals surface area contributed by atoms with Crippen molar-refractivity contribution >= 4 is 21.8 Å². The Balaban J connectivity index is 1.81. The Morgan fingerprint density at radius 2 is 1.59 bits per heavy atom. The smallest absolute Gasteiger partial charge is 0.383 e. The van der Waals surface area contributed by atoms with E-state index in [-0.39, 0.29) is 25.4 Å². The average Bonchev–Trinajstić information content (AvgIpc) is 2.85. The molecule has 0 saturated heterocycles. The molecule has 0 aliphatic rings. The Morgan fingerprint density at radius 3 is 2.26 bits per heavy atom. The van der Waals surface area contributed by atoms with Crippen LogP contribution in [0.4, 0.5) is 36.8 Å². The molecule has 0 radical (unpaired) electrons. The van der Waals surface area contributed by atoms with E-state index in [2.05, 4.69) is 5.32 Å². The predicted molar refractivity (Wildman–Crippen MR) is 128 cm³/mol. The fourth-order valence-electron chi connectivity index (χ4n) is 3.41. The number of alkyl halides is 6. The molecule has 0 aliphatic heterocycles. The molecule has 0 saturated carbocycles. The number of benzene rings is 3. The van der Waals surface area contributed by atoms with Crippen LogP contribution in [0, 0.1) is 0 Å². The lowest BCUT2D eigenvalue weighted by atomic mass is 10.1. The monoisotopic (exact) mass is 576 g/mol. The Bertz CT molecular complexity index is 1410. The lowest BCUT2D eigenvalue weighted by Crippen LogP contribution is -2.37. The van der Waals surface area contributed by atoms with Gasteiger partial charge < -0.3 is 19.1 Å². The van der Waals surface area contributed by atoms with E-state index >= 15 is 0 Å². The van der Waals surface area contributed by atoms with Crippen molar-refractivity contribution in [2.75, 3.05) is 25.6 Å². The standard InChI is InChI=1S/C25H22F6N2O5S/c1-37-13-12-33(23(34)32-22-11-3-2-10-21(22)25(29,30)31)16-17-6-4-8-19(14-17)38-39(35,36)20-9-5-7-18(15-20)24(26,27)28/h2-11,14-15H,12-13,16H2,1H3,(H,32,34). The van der Waals surface area contributed by atoms with E-state index in [1.807, 2.05) is 0 Å². The van der Waals surface area contributed by atoms with Crippen LogP contribution in [0.15, 0.2) is 77.7 Å². The van der Waals surface area contributed by atoms with Crippen LogP contribution < -0.4 is 9.50 Å². The number of halogens is 6. The maximum absolute atomic E-state index is 13.3. The first-order valence-corrected chi connectivity index (χ1v) is 12.5. The number of nitrogens with one attached hydrogen (secondary N) is 1. The summed E-state index contributed by atoms with van der Waals surface area (Å²) in [5, 5.41) is 2.23. The first-order valence-electron chi connectivity index (χ1n) is 11.1. The van der Waals surface area contributed by atoms with Crippen LogP contribution >= 0.6 is 0 Å². The van der Waals surface area contributed by atoms with Gasteiger partial charge in [0.1, 0.15) is 10.6 Å². The number of methoxy groups -OCH3 is 1. The van der Waals surface area contributed by atoms with Gasteiger partial charge in [-0.15, -0.1) is 0 Å². The molecular formula is C25H22F6N2O5S. The summed E-state index contributed by atoms with van der Waals surface area (Å²) in [7, 11) is -3.29. The summed E-state index contributed by atoms with van der Waals surface area (Å²) >= 11 is 0. The van der Waals surface area contributed by atoms with Crippen LogP contribution in [-0.4, -0.2) is 39.6 Å². The molecule has 1 N–H and O–H groups in total. The van der Waals surface area contributed by atoms with Crippen LogP contribution in [0.3, 0.4) is 0 Å². The van der Waals surface area contributed by atoms with Gasteiger partial charge in [0.25, 0.3) is 0 Å². The maximum atomic E-state index is 13.3. The topological polar surface area (TPSA) is 84.9 Å². The van der Waals surface area contributed by atoms with Gasteiger partial charge in [-0.1, -0.05) is 30.3 Å². The second kappa shape index (κ2) is 11.9. The number of para-hydroxylation sites is 1. The number of carbonyl (C=O) groups is 1. The molecular weight excluding hydrogens is 554 g/mol. The number of amides is 2. The molecule has 0 heterocycles.